The van der Waals surface area contributed by atoms with Gasteiger partial charge in [-0.25, -0.2) is 9.59 Å². The van der Waals surface area contributed by atoms with E-state index in [4.69, 9.17) is 9.26 Å². The Balaban J connectivity index is 2.37. The van der Waals surface area contributed by atoms with Crippen LogP contribution in [0.1, 0.15) is 22.8 Å². The van der Waals surface area contributed by atoms with E-state index in [9.17, 15) is 9.59 Å². The molecule has 0 spiro atoms. The van der Waals surface area contributed by atoms with E-state index in [1.807, 2.05) is 19.1 Å². The largest absolute Gasteiger partial charge is 0.462 e. The summed E-state index contributed by atoms with van der Waals surface area (Å²) in [5.41, 5.74) is 0.971. The summed E-state index contributed by atoms with van der Waals surface area (Å²) >= 11 is 0. The Labute approximate surface area is 104 Å². The Morgan fingerprint density at radius 1 is 1.33 bits per heavy atom. The summed E-state index contributed by atoms with van der Waals surface area (Å²) < 4.78 is 11.0. The molecule has 0 atom stereocenters. The highest BCUT2D eigenvalue weighted by molar-refractivity contribution is 5.88. The normalized spacial score (nSPS) is 10.3. The number of hydrogen-bond acceptors (Lipinski definition) is 4. The van der Waals surface area contributed by atoms with Crippen molar-refractivity contribution in [3.8, 4) is 5.69 Å². The number of carbonyl (C=O) groups is 1. The Hall–Kier alpha value is -2.30. The Morgan fingerprint density at radius 3 is 2.61 bits per heavy atom. The lowest BCUT2D eigenvalue weighted by Crippen LogP contribution is -2.12. The van der Waals surface area contributed by atoms with Gasteiger partial charge < -0.3 is 9.26 Å². The minimum absolute atomic E-state index is 0.0996. The van der Waals surface area contributed by atoms with Crippen LogP contribution < -0.4 is 5.63 Å². The molecule has 0 amide bonds. The lowest BCUT2D eigenvalue weighted by Gasteiger charge is -1.99. The number of esters is 1. The molecule has 0 aliphatic carbocycles. The van der Waals surface area contributed by atoms with Crippen molar-refractivity contribution in [3.63, 3.8) is 0 Å². The number of ether oxygens (including phenoxy) is 1. The minimum Gasteiger partial charge on any atom is -0.462 e. The molecule has 0 N–H and O–H groups in total. The number of rotatable bonds is 3. The smallest absolute Gasteiger partial charge is 0.372 e. The molecule has 0 saturated carbocycles. The van der Waals surface area contributed by atoms with Gasteiger partial charge in [0, 0.05) is 0 Å². The molecule has 2 rings (SSSR count). The van der Waals surface area contributed by atoms with Crippen LogP contribution in [0.4, 0.5) is 0 Å². The second kappa shape index (κ2) is 4.91. The summed E-state index contributed by atoms with van der Waals surface area (Å²) in [6.45, 7) is 3.85. The molecule has 1 aromatic heterocycles. The summed E-state index contributed by atoms with van der Waals surface area (Å²) in [7, 11) is 0. The molecule has 18 heavy (non-hydrogen) atoms. The van der Waals surface area contributed by atoms with Gasteiger partial charge in [0.05, 0.1) is 18.5 Å². The van der Waals surface area contributed by atoms with Crippen LogP contribution in [0, 0.1) is 6.92 Å². The molecule has 5 nitrogen and oxygen atoms in total. The van der Waals surface area contributed by atoms with Gasteiger partial charge in [0.25, 0.3) is 0 Å². The maximum absolute atomic E-state index is 11.5. The third kappa shape index (κ3) is 2.34. The number of carbonyl (C=O) groups excluding carboxylic acids is 1. The predicted octanol–water partition coefficient (Wildman–Crippen LogP) is 1.92. The van der Waals surface area contributed by atoms with Crippen LogP contribution in [0.5, 0.6) is 0 Å². The number of hydrogen-bond donors (Lipinski definition) is 0. The van der Waals surface area contributed by atoms with Crippen LogP contribution in [-0.2, 0) is 4.74 Å². The van der Waals surface area contributed by atoms with Crippen LogP contribution in [0.2, 0.25) is 0 Å². The lowest BCUT2D eigenvalue weighted by molar-refractivity contribution is 0.0523. The summed E-state index contributed by atoms with van der Waals surface area (Å²) in [6, 6.07) is 7.37. The molecule has 0 unspecified atom stereocenters. The highest BCUT2D eigenvalue weighted by Crippen LogP contribution is 2.10. The monoisotopic (exact) mass is 247 g/mol. The second-order valence-corrected chi connectivity index (χ2v) is 3.80. The third-order valence-corrected chi connectivity index (χ3v) is 2.43. The van der Waals surface area contributed by atoms with Gasteiger partial charge >= 0.3 is 11.6 Å². The van der Waals surface area contributed by atoms with Gasteiger partial charge in [-0.15, -0.1) is 0 Å². The van der Waals surface area contributed by atoms with Crippen LogP contribution in [0.25, 0.3) is 5.69 Å². The van der Waals surface area contributed by atoms with Crippen molar-refractivity contribution in [1.29, 1.82) is 0 Å². The van der Waals surface area contributed by atoms with Gasteiger partial charge in [-0.2, -0.15) is 4.74 Å². The number of benzene rings is 1. The number of aryl methyl sites for hydroxylation is 1. The maximum atomic E-state index is 11.5. The van der Waals surface area contributed by atoms with Crippen LogP contribution in [0.3, 0.4) is 0 Å². The summed E-state index contributed by atoms with van der Waals surface area (Å²) in [5.74, 6) is -0.669. The Morgan fingerprint density at radius 2 is 2.00 bits per heavy atom. The molecule has 0 bridgehead atoms. The van der Waals surface area contributed by atoms with E-state index in [1.54, 1.807) is 19.1 Å². The average molecular weight is 247 g/mol. The van der Waals surface area contributed by atoms with Crippen molar-refractivity contribution in [2.24, 2.45) is 0 Å². The van der Waals surface area contributed by atoms with E-state index < -0.39 is 11.6 Å². The van der Waals surface area contributed by atoms with Crippen molar-refractivity contribution in [1.82, 2.24) is 4.74 Å². The molecule has 0 radical (unpaired) electrons. The zero-order valence-electron chi connectivity index (χ0n) is 10.2. The van der Waals surface area contributed by atoms with Crippen molar-refractivity contribution < 1.29 is 14.1 Å². The molecule has 0 aliphatic rings. The van der Waals surface area contributed by atoms with E-state index in [0.717, 1.165) is 5.56 Å². The summed E-state index contributed by atoms with van der Waals surface area (Å²) in [5, 5.41) is 0. The van der Waals surface area contributed by atoms with Crippen LogP contribution in [-0.4, -0.2) is 17.3 Å². The van der Waals surface area contributed by atoms with E-state index >= 15 is 0 Å². The van der Waals surface area contributed by atoms with Gasteiger partial charge in [0.1, 0.15) is 0 Å². The zero-order chi connectivity index (χ0) is 13.1. The fourth-order valence-electron chi connectivity index (χ4n) is 1.50. The maximum Gasteiger partial charge on any atom is 0.372 e. The Bertz CT molecular complexity index is 607. The molecule has 5 heteroatoms. The molecule has 94 valence electrons. The standard InChI is InChI=1S/C13H13NO4/c1-3-17-12(15)11-8-14(18-13(11)16)10-6-4-9(2)5-7-10/h4-8H,3H2,1-2H3. The highest BCUT2D eigenvalue weighted by atomic mass is 16.5. The molecule has 0 fully saturated rings. The van der Waals surface area contributed by atoms with Gasteiger partial charge in [0.15, 0.2) is 5.56 Å². The Kier molecular flexibility index (Phi) is 3.32. The first-order valence-electron chi connectivity index (χ1n) is 5.59. The number of nitrogens with zero attached hydrogens (tertiary/aromatic N) is 1. The predicted molar refractivity (Wildman–Crippen MR) is 65.0 cm³/mol. The second-order valence-electron chi connectivity index (χ2n) is 3.80. The fraction of sp³-hybridized carbons (Fsp3) is 0.231. The molecule has 0 saturated heterocycles. The average Bonchev–Trinajstić information content (AvgIpc) is 2.72. The first-order valence-corrected chi connectivity index (χ1v) is 5.59. The third-order valence-electron chi connectivity index (χ3n) is 2.43. The quantitative estimate of drug-likeness (QED) is 0.777. The van der Waals surface area contributed by atoms with Crippen molar-refractivity contribution in [3.05, 3.63) is 52.0 Å². The van der Waals surface area contributed by atoms with Crippen molar-refractivity contribution in [2.75, 3.05) is 6.61 Å². The van der Waals surface area contributed by atoms with E-state index in [1.165, 1.54) is 10.9 Å². The van der Waals surface area contributed by atoms with Crippen molar-refractivity contribution >= 4 is 5.97 Å². The number of aromatic nitrogens is 1. The first-order chi connectivity index (χ1) is 8.61. The summed E-state index contributed by atoms with van der Waals surface area (Å²) in [4.78, 5) is 23.0. The fourth-order valence-corrected chi connectivity index (χ4v) is 1.50. The first kappa shape index (κ1) is 12.2. The van der Waals surface area contributed by atoms with Gasteiger partial charge in [-0.05, 0) is 26.0 Å². The minimum atomic E-state index is -0.700. The molecule has 1 aromatic carbocycles. The molecular weight excluding hydrogens is 234 g/mol. The van der Waals surface area contributed by atoms with E-state index in [2.05, 4.69) is 0 Å². The SMILES string of the molecule is CCOC(=O)c1cn(-c2ccc(C)cc2)oc1=O. The van der Waals surface area contributed by atoms with E-state index in [0.29, 0.717) is 5.69 Å². The van der Waals surface area contributed by atoms with E-state index in [-0.39, 0.29) is 12.2 Å². The molecular formula is C13H13NO4. The zero-order valence-corrected chi connectivity index (χ0v) is 10.2. The highest BCUT2D eigenvalue weighted by Gasteiger charge is 2.17. The van der Waals surface area contributed by atoms with Crippen LogP contribution >= 0.6 is 0 Å². The lowest BCUT2D eigenvalue weighted by atomic mass is 10.2. The van der Waals surface area contributed by atoms with Gasteiger partial charge in [0.2, 0.25) is 0 Å². The van der Waals surface area contributed by atoms with Crippen LogP contribution in [0.15, 0.2) is 39.8 Å². The van der Waals surface area contributed by atoms with Gasteiger partial charge in [-0.3, -0.25) is 0 Å². The molecule has 2 aromatic rings. The topological polar surface area (TPSA) is 61.4 Å². The summed E-state index contributed by atoms with van der Waals surface area (Å²) in [6.07, 6.45) is 1.34. The van der Waals surface area contributed by atoms with Crippen molar-refractivity contribution in [2.45, 2.75) is 13.8 Å². The molecule has 0 aliphatic heterocycles. The van der Waals surface area contributed by atoms with Gasteiger partial charge in [-0.1, -0.05) is 17.7 Å². The molecule has 1 heterocycles.